The van der Waals surface area contributed by atoms with Crippen LogP contribution in [0, 0.1) is 0 Å². The summed E-state index contributed by atoms with van der Waals surface area (Å²) in [6.45, 7) is 0. The maximum absolute atomic E-state index is 7.91. The van der Waals surface area contributed by atoms with Gasteiger partial charge in [0.05, 0.1) is 0 Å². The molecule has 0 atom stereocenters. The standard InChI is InChI=1S/2CH3O.Fe/c2*1-2;/h2*2H,1H2;. The van der Waals surface area contributed by atoms with Crippen LogP contribution in [0.25, 0.3) is 0 Å². The van der Waals surface area contributed by atoms with Crippen LogP contribution in [0.4, 0.5) is 0 Å². The third-order valence-electron chi connectivity index (χ3n) is 0.158. The molecule has 0 spiro atoms. The van der Waals surface area contributed by atoms with Gasteiger partial charge in [0.2, 0.25) is 0 Å². The van der Waals surface area contributed by atoms with Gasteiger partial charge < -0.3 is 0 Å². The van der Waals surface area contributed by atoms with Crippen molar-refractivity contribution < 1.29 is 25.2 Å². The first-order valence-electron chi connectivity index (χ1n) is 1.13. The van der Waals surface area contributed by atoms with Gasteiger partial charge in [-0.15, -0.1) is 0 Å². The molecule has 2 N–H and O–H groups in total. The summed E-state index contributed by atoms with van der Waals surface area (Å²) in [6.07, 6.45) is 0. The van der Waals surface area contributed by atoms with E-state index in [0.29, 0.717) is 15.0 Å². The Hall–Kier alpha value is 0.439. The van der Waals surface area contributed by atoms with Crippen molar-refractivity contribution in [3.8, 4) is 0 Å². The van der Waals surface area contributed by atoms with E-state index < -0.39 is 0 Å². The molecule has 0 aromatic rings. The molecule has 0 aliphatic carbocycles. The van der Waals surface area contributed by atoms with E-state index in [2.05, 4.69) is 0 Å². The van der Waals surface area contributed by atoms with Gasteiger partial charge in [-0.1, -0.05) is 0 Å². The van der Waals surface area contributed by atoms with Crippen LogP contribution in [0.1, 0.15) is 0 Å². The van der Waals surface area contributed by atoms with E-state index in [1.807, 2.05) is 0 Å². The van der Waals surface area contributed by atoms with E-state index in [1.165, 1.54) is 0 Å². The molecular weight excluding hydrogens is 112 g/mol. The average Bonchev–Trinajstić information content (AvgIpc) is 1.41. The van der Waals surface area contributed by atoms with Crippen LogP contribution in [-0.4, -0.2) is 21.2 Å². The second-order valence-corrected chi connectivity index (χ2v) is 1.65. The van der Waals surface area contributed by atoms with E-state index in [1.54, 1.807) is 0 Å². The van der Waals surface area contributed by atoms with Gasteiger partial charge in [0.25, 0.3) is 0 Å². The molecule has 3 heteroatoms. The molecule has 5 heavy (non-hydrogen) atoms. The molecular formula is C2H6FeO2. The zero-order valence-corrected chi connectivity index (χ0v) is 3.77. The zero-order valence-electron chi connectivity index (χ0n) is 2.66. The topological polar surface area (TPSA) is 40.5 Å². The summed E-state index contributed by atoms with van der Waals surface area (Å²) in [4.78, 5) is 0. The summed E-state index contributed by atoms with van der Waals surface area (Å²) in [5.74, 6) is 0. The van der Waals surface area contributed by atoms with E-state index in [-0.39, 0.29) is 11.0 Å². The average molecular weight is 118 g/mol. The first-order valence-corrected chi connectivity index (χ1v) is 2.69. The summed E-state index contributed by atoms with van der Waals surface area (Å²) in [7, 11) is 0. The van der Waals surface area contributed by atoms with E-state index in [4.69, 9.17) is 10.2 Å². The second-order valence-electron chi connectivity index (χ2n) is 0.400. The van der Waals surface area contributed by atoms with Crippen LogP contribution in [0.5, 0.6) is 0 Å². The minimum atomic E-state index is 0.0938. The summed E-state index contributed by atoms with van der Waals surface area (Å²) in [6, 6.07) is 0. The predicted octanol–water partition coefficient (Wildman–Crippen LogP) is -1.03. The minimum absolute atomic E-state index is 0.0938. The molecule has 2 nitrogen and oxygen atoms in total. The van der Waals surface area contributed by atoms with Crippen molar-refractivity contribution in [1.82, 2.24) is 0 Å². The molecule has 0 amide bonds. The first kappa shape index (κ1) is 5.44. The summed E-state index contributed by atoms with van der Waals surface area (Å²) in [5, 5.41) is 15.8. The summed E-state index contributed by atoms with van der Waals surface area (Å²) >= 11 is 0.500. The summed E-state index contributed by atoms with van der Waals surface area (Å²) < 4.78 is 0. The van der Waals surface area contributed by atoms with Crippen LogP contribution in [0.2, 0.25) is 0 Å². The van der Waals surface area contributed by atoms with Crippen molar-refractivity contribution in [2.24, 2.45) is 0 Å². The quantitative estimate of drug-likeness (QED) is 0.455. The van der Waals surface area contributed by atoms with Crippen molar-refractivity contribution in [2.75, 3.05) is 11.0 Å². The number of aliphatic hydroxyl groups excluding tert-OH is 2. The number of hydrogen-bond acceptors (Lipinski definition) is 2. The molecule has 0 fully saturated rings. The molecule has 34 valence electrons. The number of rotatable bonds is 2. The molecule has 0 radical (unpaired) electrons. The van der Waals surface area contributed by atoms with Gasteiger partial charge in [0.15, 0.2) is 0 Å². The molecule has 0 rings (SSSR count). The van der Waals surface area contributed by atoms with Gasteiger partial charge in [-0.3, -0.25) is 0 Å². The zero-order chi connectivity index (χ0) is 4.12. The van der Waals surface area contributed by atoms with Crippen LogP contribution >= 0.6 is 0 Å². The third-order valence-corrected chi connectivity index (χ3v) is 0.652. The number of hydrogen-bond donors (Lipinski definition) is 2. The molecule has 0 aliphatic heterocycles. The van der Waals surface area contributed by atoms with Gasteiger partial charge in [-0.25, -0.2) is 0 Å². The molecule has 0 unspecified atom stereocenters. The Labute approximate surface area is 37.0 Å². The molecule has 0 aliphatic rings. The van der Waals surface area contributed by atoms with Crippen molar-refractivity contribution in [2.45, 2.75) is 0 Å². The van der Waals surface area contributed by atoms with Crippen LogP contribution < -0.4 is 0 Å². The number of aliphatic hydroxyl groups is 2. The van der Waals surface area contributed by atoms with Gasteiger partial charge in [0, 0.05) is 0 Å². The Morgan fingerprint density at radius 2 is 1.60 bits per heavy atom. The van der Waals surface area contributed by atoms with Crippen LogP contribution in [-0.2, 0) is 15.0 Å². The Morgan fingerprint density at radius 3 is 1.60 bits per heavy atom. The van der Waals surface area contributed by atoms with Crippen molar-refractivity contribution in [1.29, 1.82) is 0 Å². The fourth-order valence-corrected chi connectivity index (χ4v) is 0.146. The van der Waals surface area contributed by atoms with Crippen LogP contribution in [0.15, 0.2) is 0 Å². The molecule has 0 saturated heterocycles. The van der Waals surface area contributed by atoms with Crippen molar-refractivity contribution in [3.05, 3.63) is 0 Å². The molecule has 0 bridgehead atoms. The first-order chi connectivity index (χ1) is 2.41. The Bertz CT molecular complexity index is 15.1. The van der Waals surface area contributed by atoms with Gasteiger partial charge >= 0.3 is 36.2 Å². The third kappa shape index (κ3) is 4.44. The molecule has 0 saturated carbocycles. The van der Waals surface area contributed by atoms with E-state index in [9.17, 15) is 0 Å². The Kier molecular flexibility index (Phi) is 4.83. The van der Waals surface area contributed by atoms with Gasteiger partial charge in [-0.2, -0.15) is 0 Å². The van der Waals surface area contributed by atoms with Crippen molar-refractivity contribution >= 4 is 0 Å². The normalized spacial score (nSPS) is 9.20. The predicted molar refractivity (Wildman–Crippen MR) is 14.2 cm³/mol. The van der Waals surface area contributed by atoms with Crippen molar-refractivity contribution in [3.63, 3.8) is 0 Å². The Balaban J connectivity index is 2.19. The van der Waals surface area contributed by atoms with E-state index >= 15 is 0 Å². The monoisotopic (exact) mass is 118 g/mol. The SMILES string of the molecule is O[CH2][Fe][CH2]O. The van der Waals surface area contributed by atoms with E-state index in [0.717, 1.165) is 0 Å². The molecule has 0 aromatic heterocycles. The van der Waals surface area contributed by atoms with Gasteiger partial charge in [0.1, 0.15) is 0 Å². The Morgan fingerprint density at radius 1 is 1.20 bits per heavy atom. The molecule has 0 aromatic carbocycles. The second kappa shape index (κ2) is 4.44. The summed E-state index contributed by atoms with van der Waals surface area (Å²) in [5.41, 5.74) is 0.188. The fourth-order valence-electron chi connectivity index (χ4n) is 0.0354. The van der Waals surface area contributed by atoms with Gasteiger partial charge in [-0.05, 0) is 0 Å². The maximum atomic E-state index is 7.91. The van der Waals surface area contributed by atoms with Crippen LogP contribution in [0.3, 0.4) is 0 Å². The fraction of sp³-hybridized carbons (Fsp3) is 1.00. The molecule has 0 heterocycles.